The number of fused-ring (bicyclic) bond motifs is 1. The molecule has 2 aliphatic rings. The number of carbonyl (C=O) groups is 1. The Bertz CT molecular complexity index is 258. The van der Waals surface area contributed by atoms with E-state index in [1.165, 1.54) is 25.7 Å². The molecule has 2 aliphatic carbocycles. The van der Waals surface area contributed by atoms with Crippen molar-refractivity contribution in [2.24, 2.45) is 23.2 Å². The first-order chi connectivity index (χ1) is 7.09. The molecule has 0 spiro atoms. The van der Waals surface area contributed by atoms with Crippen molar-refractivity contribution < 1.29 is 4.79 Å². The van der Waals surface area contributed by atoms with Crippen LogP contribution in [-0.2, 0) is 4.79 Å². The van der Waals surface area contributed by atoms with Gasteiger partial charge in [-0.05, 0) is 42.9 Å². The molecule has 2 fully saturated rings. The predicted molar refractivity (Wildman–Crippen MR) is 62.6 cm³/mol. The van der Waals surface area contributed by atoms with E-state index in [9.17, 15) is 4.79 Å². The third kappa shape index (κ3) is 1.64. The van der Waals surface area contributed by atoms with Gasteiger partial charge in [0, 0.05) is 12.3 Å². The number of ketones is 1. The molecule has 4 atom stereocenters. The van der Waals surface area contributed by atoms with Crippen molar-refractivity contribution in [1.82, 2.24) is 0 Å². The minimum absolute atomic E-state index is 0.352. The molecule has 0 saturated heterocycles. The fraction of sp³-hybridized carbons (Fsp3) is 0.929. The molecule has 1 nitrogen and oxygen atoms in total. The van der Waals surface area contributed by atoms with Gasteiger partial charge in [0.15, 0.2) is 0 Å². The predicted octanol–water partition coefficient (Wildman–Crippen LogP) is 3.82. The van der Waals surface area contributed by atoms with Crippen LogP contribution in [0.15, 0.2) is 0 Å². The summed E-state index contributed by atoms with van der Waals surface area (Å²) in [6.07, 6.45) is 7.01. The minimum atomic E-state index is 0.352. The maximum Gasteiger partial charge on any atom is 0.136 e. The molecule has 0 aliphatic heterocycles. The Kier molecular flexibility index (Phi) is 2.92. The van der Waals surface area contributed by atoms with Gasteiger partial charge in [-0.2, -0.15) is 0 Å². The highest BCUT2D eigenvalue weighted by Crippen LogP contribution is 2.56. The second kappa shape index (κ2) is 3.92. The van der Waals surface area contributed by atoms with Crippen molar-refractivity contribution >= 4 is 5.78 Å². The molecule has 15 heavy (non-hydrogen) atoms. The van der Waals surface area contributed by atoms with E-state index < -0.39 is 0 Å². The number of Topliss-reactive ketones (excluding diaryl/α,β-unsaturated/α-hetero) is 1. The molecule has 0 amide bonds. The molecule has 0 bridgehead atoms. The maximum absolute atomic E-state index is 11.9. The summed E-state index contributed by atoms with van der Waals surface area (Å²) in [7, 11) is 0. The van der Waals surface area contributed by atoms with Gasteiger partial charge in [0.05, 0.1) is 0 Å². The Morgan fingerprint density at radius 1 is 1.47 bits per heavy atom. The lowest BCUT2D eigenvalue weighted by atomic mass is 9.62. The quantitative estimate of drug-likeness (QED) is 0.674. The molecule has 86 valence electrons. The summed E-state index contributed by atoms with van der Waals surface area (Å²) < 4.78 is 0. The van der Waals surface area contributed by atoms with E-state index in [0.29, 0.717) is 17.1 Å². The molecule has 1 heteroatoms. The molecule has 0 aromatic heterocycles. The average molecular weight is 208 g/mol. The lowest BCUT2D eigenvalue weighted by Gasteiger charge is -2.42. The second-order valence-corrected chi connectivity index (χ2v) is 5.95. The van der Waals surface area contributed by atoms with Crippen molar-refractivity contribution in [3.05, 3.63) is 0 Å². The standard InChI is InChI=1S/C14H24O/c1-4-10(2)11-7-8-12-13(15)6-5-9-14(11,12)3/h10-12H,4-9H2,1-3H3/t10-,11+,12?,14+/m0/s1. The van der Waals surface area contributed by atoms with Gasteiger partial charge in [-0.15, -0.1) is 0 Å². The van der Waals surface area contributed by atoms with Crippen LogP contribution in [0.25, 0.3) is 0 Å². The Hall–Kier alpha value is -0.330. The van der Waals surface area contributed by atoms with Crippen LogP contribution in [-0.4, -0.2) is 5.78 Å². The molecule has 0 aromatic carbocycles. The van der Waals surface area contributed by atoms with Gasteiger partial charge in [0.2, 0.25) is 0 Å². The van der Waals surface area contributed by atoms with Gasteiger partial charge < -0.3 is 0 Å². The van der Waals surface area contributed by atoms with E-state index in [2.05, 4.69) is 20.8 Å². The van der Waals surface area contributed by atoms with Crippen LogP contribution < -0.4 is 0 Å². The van der Waals surface area contributed by atoms with Crippen LogP contribution in [0.1, 0.15) is 59.3 Å². The molecule has 2 rings (SSSR count). The van der Waals surface area contributed by atoms with Crippen molar-refractivity contribution in [3.63, 3.8) is 0 Å². The Labute approximate surface area is 93.6 Å². The average Bonchev–Trinajstić information content (AvgIpc) is 2.56. The van der Waals surface area contributed by atoms with Gasteiger partial charge in [0.25, 0.3) is 0 Å². The zero-order valence-electron chi connectivity index (χ0n) is 10.4. The van der Waals surface area contributed by atoms with Gasteiger partial charge in [-0.3, -0.25) is 4.79 Å². The first-order valence-electron chi connectivity index (χ1n) is 6.62. The second-order valence-electron chi connectivity index (χ2n) is 5.95. The van der Waals surface area contributed by atoms with Gasteiger partial charge in [0.1, 0.15) is 5.78 Å². The maximum atomic E-state index is 11.9. The minimum Gasteiger partial charge on any atom is -0.299 e. The normalized spacial score (nSPS) is 42.7. The van der Waals surface area contributed by atoms with Crippen molar-refractivity contribution in [2.45, 2.75) is 59.3 Å². The summed E-state index contributed by atoms with van der Waals surface area (Å²) in [5.74, 6) is 2.57. The third-order valence-electron chi connectivity index (χ3n) is 5.27. The number of hydrogen-bond donors (Lipinski definition) is 0. The van der Waals surface area contributed by atoms with Crippen LogP contribution in [0, 0.1) is 23.2 Å². The zero-order valence-corrected chi connectivity index (χ0v) is 10.4. The number of carbonyl (C=O) groups excluding carboxylic acids is 1. The monoisotopic (exact) mass is 208 g/mol. The first-order valence-corrected chi connectivity index (χ1v) is 6.62. The van der Waals surface area contributed by atoms with Crippen molar-refractivity contribution in [1.29, 1.82) is 0 Å². The van der Waals surface area contributed by atoms with Crippen molar-refractivity contribution in [3.8, 4) is 0 Å². The third-order valence-corrected chi connectivity index (χ3v) is 5.27. The van der Waals surface area contributed by atoms with Crippen molar-refractivity contribution in [2.75, 3.05) is 0 Å². The topological polar surface area (TPSA) is 17.1 Å². The molecular formula is C14H24O. The Morgan fingerprint density at radius 3 is 2.87 bits per heavy atom. The zero-order chi connectivity index (χ0) is 11.1. The highest BCUT2D eigenvalue weighted by atomic mass is 16.1. The number of hydrogen-bond acceptors (Lipinski definition) is 1. The van der Waals surface area contributed by atoms with Crippen LogP contribution in [0.4, 0.5) is 0 Å². The molecule has 2 saturated carbocycles. The molecule has 0 heterocycles. The molecule has 0 N–H and O–H groups in total. The van der Waals surface area contributed by atoms with Crippen LogP contribution in [0.3, 0.4) is 0 Å². The van der Waals surface area contributed by atoms with E-state index in [0.717, 1.165) is 24.7 Å². The van der Waals surface area contributed by atoms with Gasteiger partial charge in [-0.1, -0.05) is 27.2 Å². The SMILES string of the molecule is CC[C@H](C)[C@H]1CCC2C(=O)CCC[C@@]21C. The fourth-order valence-electron chi connectivity index (χ4n) is 4.19. The lowest BCUT2D eigenvalue weighted by molar-refractivity contribution is -0.130. The fourth-order valence-corrected chi connectivity index (χ4v) is 4.19. The summed E-state index contributed by atoms with van der Waals surface area (Å²) >= 11 is 0. The van der Waals surface area contributed by atoms with Crippen LogP contribution in [0.5, 0.6) is 0 Å². The van der Waals surface area contributed by atoms with E-state index in [-0.39, 0.29) is 0 Å². The first kappa shape index (κ1) is 11.2. The van der Waals surface area contributed by atoms with Gasteiger partial charge >= 0.3 is 0 Å². The van der Waals surface area contributed by atoms with E-state index in [1.807, 2.05) is 0 Å². The summed E-state index contributed by atoms with van der Waals surface area (Å²) in [6.45, 7) is 7.04. The van der Waals surface area contributed by atoms with Gasteiger partial charge in [-0.25, -0.2) is 0 Å². The molecule has 1 unspecified atom stereocenters. The highest BCUT2D eigenvalue weighted by Gasteiger charge is 2.51. The summed E-state index contributed by atoms with van der Waals surface area (Å²) in [5, 5.41) is 0. The van der Waals surface area contributed by atoms with E-state index in [1.54, 1.807) is 0 Å². The molecular weight excluding hydrogens is 184 g/mol. The van der Waals surface area contributed by atoms with Crippen LogP contribution >= 0.6 is 0 Å². The Morgan fingerprint density at radius 2 is 2.20 bits per heavy atom. The summed E-state index contributed by atoms with van der Waals surface area (Å²) in [6, 6.07) is 0. The lowest BCUT2D eigenvalue weighted by Crippen LogP contribution is -2.39. The largest absolute Gasteiger partial charge is 0.299 e. The molecule has 0 aromatic rings. The van der Waals surface area contributed by atoms with E-state index >= 15 is 0 Å². The van der Waals surface area contributed by atoms with E-state index in [4.69, 9.17) is 0 Å². The Balaban J connectivity index is 2.21. The summed E-state index contributed by atoms with van der Waals surface area (Å²) in [4.78, 5) is 11.9. The smallest absolute Gasteiger partial charge is 0.136 e. The molecule has 0 radical (unpaired) electrons. The summed E-state index contributed by atoms with van der Waals surface area (Å²) in [5.41, 5.74) is 0.352. The van der Waals surface area contributed by atoms with Crippen LogP contribution in [0.2, 0.25) is 0 Å². The number of rotatable bonds is 2. The highest BCUT2D eigenvalue weighted by molar-refractivity contribution is 5.83.